The lowest BCUT2D eigenvalue weighted by Crippen LogP contribution is -2.51. The van der Waals surface area contributed by atoms with E-state index in [0.29, 0.717) is 39.1 Å². The van der Waals surface area contributed by atoms with E-state index in [9.17, 15) is 9.59 Å². The van der Waals surface area contributed by atoms with Crippen LogP contribution in [-0.2, 0) is 19.7 Å². The van der Waals surface area contributed by atoms with E-state index in [2.05, 4.69) is 18.7 Å². The molecule has 1 aromatic rings. The number of carbonyl (C=O) groups excluding carboxylic acids is 2. The average molecular weight is 346 g/mol. The zero-order valence-electron chi connectivity index (χ0n) is 15.7. The first-order valence-electron chi connectivity index (χ1n) is 9.30. The fourth-order valence-corrected chi connectivity index (χ4v) is 3.51. The molecule has 1 aliphatic heterocycles. The van der Waals surface area contributed by atoms with Gasteiger partial charge >= 0.3 is 5.97 Å². The molecule has 0 aromatic heterocycles. The van der Waals surface area contributed by atoms with Crippen LogP contribution in [-0.4, -0.2) is 61.0 Å². The van der Waals surface area contributed by atoms with Crippen molar-refractivity contribution in [1.29, 1.82) is 0 Å². The van der Waals surface area contributed by atoms with Gasteiger partial charge in [0.15, 0.2) is 0 Å². The van der Waals surface area contributed by atoms with Gasteiger partial charge in [0.1, 0.15) is 0 Å². The minimum Gasteiger partial charge on any atom is -0.465 e. The molecule has 0 N–H and O–H groups in total. The van der Waals surface area contributed by atoms with Gasteiger partial charge in [-0.2, -0.15) is 0 Å². The fourth-order valence-electron chi connectivity index (χ4n) is 3.51. The third-order valence-electron chi connectivity index (χ3n) is 5.22. The maximum atomic E-state index is 12.7. The number of amides is 1. The third-order valence-corrected chi connectivity index (χ3v) is 5.22. The molecule has 1 aliphatic rings. The second-order valence-electron chi connectivity index (χ2n) is 6.51. The predicted octanol–water partition coefficient (Wildman–Crippen LogP) is 2.45. The number of ether oxygens (including phenoxy) is 1. The first-order chi connectivity index (χ1) is 12.1. The molecular weight excluding hydrogens is 316 g/mol. The number of piperidine rings is 1. The number of benzene rings is 1. The summed E-state index contributed by atoms with van der Waals surface area (Å²) in [5, 5.41) is 0. The summed E-state index contributed by atoms with van der Waals surface area (Å²) in [4.78, 5) is 29.3. The quantitative estimate of drug-likeness (QED) is 0.712. The molecule has 5 heteroatoms. The molecule has 0 unspecified atom stereocenters. The van der Waals surface area contributed by atoms with Crippen molar-refractivity contribution in [1.82, 2.24) is 9.80 Å². The summed E-state index contributed by atoms with van der Waals surface area (Å²) in [5.74, 6) is -0.0220. The Kier molecular flexibility index (Phi) is 7.00. The normalized spacial score (nSPS) is 16.7. The summed E-state index contributed by atoms with van der Waals surface area (Å²) >= 11 is 0. The zero-order valence-corrected chi connectivity index (χ0v) is 15.7. The molecule has 2 rings (SSSR count). The Balaban J connectivity index is 2.11. The summed E-state index contributed by atoms with van der Waals surface area (Å²) in [6.07, 6.45) is 1.22. The number of likely N-dealkylation sites (N-methyl/N-ethyl adjacent to an activating group) is 1. The first kappa shape index (κ1) is 19.4. The number of nitrogens with zero attached hydrogens (tertiary/aromatic N) is 2. The van der Waals surface area contributed by atoms with Crippen LogP contribution in [0, 0.1) is 0 Å². The van der Waals surface area contributed by atoms with Crippen LogP contribution in [0.1, 0.15) is 39.2 Å². The highest BCUT2D eigenvalue weighted by atomic mass is 16.5. The van der Waals surface area contributed by atoms with Crippen LogP contribution in [0.3, 0.4) is 0 Å². The summed E-state index contributed by atoms with van der Waals surface area (Å²) in [6, 6.07) is 9.84. The first-order valence-corrected chi connectivity index (χ1v) is 9.30. The summed E-state index contributed by atoms with van der Waals surface area (Å²) < 4.78 is 5.38. The Morgan fingerprint density at radius 2 is 1.68 bits per heavy atom. The second kappa shape index (κ2) is 8.99. The Labute approximate surface area is 150 Å². The van der Waals surface area contributed by atoms with Crippen molar-refractivity contribution in [3.8, 4) is 0 Å². The molecule has 0 radical (unpaired) electrons. The van der Waals surface area contributed by atoms with Gasteiger partial charge in [-0.25, -0.2) is 0 Å². The molecule has 1 saturated heterocycles. The predicted molar refractivity (Wildman–Crippen MR) is 98.4 cm³/mol. The van der Waals surface area contributed by atoms with Gasteiger partial charge in [-0.3, -0.25) is 14.5 Å². The number of likely N-dealkylation sites (tertiary alicyclic amines) is 1. The standard InChI is InChI=1S/C20H30N2O3/c1-4-21(5-2)16-18(23)22-14-12-20(13-15-22,19(24)25-6-3)17-10-8-7-9-11-17/h7-11H,4-6,12-16H2,1-3H3. The zero-order chi connectivity index (χ0) is 18.3. The summed E-state index contributed by atoms with van der Waals surface area (Å²) in [5.41, 5.74) is 0.354. The van der Waals surface area contributed by atoms with E-state index in [-0.39, 0.29) is 11.9 Å². The van der Waals surface area contributed by atoms with Gasteiger partial charge in [0, 0.05) is 13.1 Å². The maximum Gasteiger partial charge on any atom is 0.316 e. The van der Waals surface area contributed by atoms with Gasteiger partial charge in [-0.1, -0.05) is 44.2 Å². The Bertz CT molecular complexity index is 562. The van der Waals surface area contributed by atoms with Crippen LogP contribution in [0.4, 0.5) is 0 Å². The Morgan fingerprint density at radius 1 is 1.08 bits per heavy atom. The smallest absolute Gasteiger partial charge is 0.316 e. The van der Waals surface area contributed by atoms with E-state index < -0.39 is 5.41 Å². The summed E-state index contributed by atoms with van der Waals surface area (Å²) in [6.45, 7) is 9.70. The lowest BCUT2D eigenvalue weighted by molar-refractivity contribution is -0.154. The van der Waals surface area contributed by atoms with Gasteiger partial charge < -0.3 is 9.64 Å². The van der Waals surface area contributed by atoms with Gasteiger partial charge in [-0.15, -0.1) is 0 Å². The molecule has 138 valence electrons. The van der Waals surface area contributed by atoms with Crippen molar-refractivity contribution in [2.45, 2.75) is 39.0 Å². The highest BCUT2D eigenvalue weighted by Crippen LogP contribution is 2.37. The number of hydrogen-bond acceptors (Lipinski definition) is 4. The van der Waals surface area contributed by atoms with Gasteiger partial charge in [0.2, 0.25) is 5.91 Å². The topological polar surface area (TPSA) is 49.9 Å². The molecule has 0 bridgehead atoms. The number of hydrogen-bond donors (Lipinski definition) is 0. The van der Waals surface area contributed by atoms with E-state index in [1.54, 1.807) is 0 Å². The monoisotopic (exact) mass is 346 g/mol. The van der Waals surface area contributed by atoms with Gasteiger partial charge in [0.25, 0.3) is 0 Å². The highest BCUT2D eigenvalue weighted by Gasteiger charge is 2.44. The van der Waals surface area contributed by atoms with Crippen molar-refractivity contribution in [3.63, 3.8) is 0 Å². The van der Waals surface area contributed by atoms with E-state index in [1.165, 1.54) is 0 Å². The number of rotatable bonds is 7. The lowest BCUT2D eigenvalue weighted by atomic mass is 9.72. The van der Waals surface area contributed by atoms with E-state index in [4.69, 9.17) is 4.74 Å². The molecule has 1 heterocycles. The Hall–Kier alpha value is -1.88. The molecule has 1 fully saturated rings. The largest absolute Gasteiger partial charge is 0.465 e. The number of esters is 1. The van der Waals surface area contributed by atoms with Crippen LogP contribution in [0.15, 0.2) is 30.3 Å². The lowest BCUT2D eigenvalue weighted by Gasteiger charge is -2.40. The second-order valence-corrected chi connectivity index (χ2v) is 6.51. The van der Waals surface area contributed by atoms with Crippen LogP contribution in [0.25, 0.3) is 0 Å². The fraction of sp³-hybridized carbons (Fsp3) is 0.600. The van der Waals surface area contributed by atoms with Crippen LogP contribution in [0.5, 0.6) is 0 Å². The van der Waals surface area contributed by atoms with Gasteiger partial charge in [0.05, 0.1) is 18.6 Å². The average Bonchev–Trinajstić information content (AvgIpc) is 2.66. The molecule has 1 aromatic carbocycles. The van der Waals surface area contributed by atoms with Crippen LogP contribution >= 0.6 is 0 Å². The van der Waals surface area contributed by atoms with E-state index in [0.717, 1.165) is 18.7 Å². The van der Waals surface area contributed by atoms with Crippen LogP contribution < -0.4 is 0 Å². The van der Waals surface area contributed by atoms with E-state index >= 15 is 0 Å². The minimum absolute atomic E-state index is 0.147. The molecule has 0 spiro atoms. The van der Waals surface area contributed by atoms with E-state index in [1.807, 2.05) is 42.2 Å². The number of carbonyl (C=O) groups is 2. The molecule has 25 heavy (non-hydrogen) atoms. The van der Waals surface area contributed by atoms with Crippen LogP contribution in [0.2, 0.25) is 0 Å². The van der Waals surface area contributed by atoms with Gasteiger partial charge in [-0.05, 0) is 38.4 Å². The molecule has 0 saturated carbocycles. The van der Waals surface area contributed by atoms with Crippen molar-refractivity contribution in [3.05, 3.63) is 35.9 Å². The summed E-state index contributed by atoms with van der Waals surface area (Å²) in [7, 11) is 0. The SMILES string of the molecule is CCOC(=O)C1(c2ccccc2)CCN(C(=O)CN(CC)CC)CC1. The van der Waals surface area contributed by atoms with Crippen molar-refractivity contribution in [2.75, 3.05) is 39.3 Å². The molecule has 0 aliphatic carbocycles. The molecule has 0 atom stereocenters. The van der Waals surface area contributed by atoms with Crippen molar-refractivity contribution < 1.29 is 14.3 Å². The molecule has 1 amide bonds. The van der Waals surface area contributed by atoms with Crippen molar-refractivity contribution in [2.24, 2.45) is 0 Å². The Morgan fingerprint density at radius 3 is 2.20 bits per heavy atom. The van der Waals surface area contributed by atoms with Crippen molar-refractivity contribution >= 4 is 11.9 Å². The third kappa shape index (κ3) is 4.40. The maximum absolute atomic E-state index is 12.7. The molecule has 5 nitrogen and oxygen atoms in total. The highest BCUT2D eigenvalue weighted by molar-refractivity contribution is 5.84. The molecular formula is C20H30N2O3. The minimum atomic E-state index is -0.636.